The molecule has 1 rings (SSSR count). The number of carbonyl (C=O) groups excluding carboxylic acids is 1. The van der Waals surface area contributed by atoms with E-state index in [1.165, 1.54) is 0 Å². The molecule has 0 saturated heterocycles. The lowest BCUT2D eigenvalue weighted by atomic mass is 10.0. The fraction of sp³-hybridized carbons (Fsp3) is 0.500. The maximum atomic E-state index is 11.9. The Bertz CT molecular complexity index is 448. The van der Waals surface area contributed by atoms with E-state index in [0.717, 1.165) is 18.4 Å². The van der Waals surface area contributed by atoms with Crippen LogP contribution in [-0.4, -0.2) is 11.6 Å². The van der Waals surface area contributed by atoms with Crippen molar-refractivity contribution in [1.29, 1.82) is 0 Å². The summed E-state index contributed by atoms with van der Waals surface area (Å²) in [6.45, 7) is 7.48. The van der Waals surface area contributed by atoms with Gasteiger partial charge in [0.25, 0.3) is 0 Å². The molecule has 4 nitrogen and oxygen atoms in total. The highest BCUT2D eigenvalue weighted by Gasteiger charge is 2.18. The van der Waals surface area contributed by atoms with E-state index >= 15 is 0 Å². The third-order valence-corrected chi connectivity index (χ3v) is 2.35. The topological polar surface area (TPSA) is 61.0 Å². The van der Waals surface area contributed by atoms with E-state index in [9.17, 15) is 4.79 Å². The van der Waals surface area contributed by atoms with Gasteiger partial charge in [-0.3, -0.25) is 0 Å². The maximum Gasteiger partial charge on any atom is 0.338 e. The van der Waals surface area contributed by atoms with E-state index in [4.69, 9.17) is 10.3 Å². The minimum Gasteiger partial charge on any atom is -0.706 e. The van der Waals surface area contributed by atoms with Crippen LogP contribution >= 0.6 is 0 Å². The zero-order chi connectivity index (χ0) is 13.8. The van der Waals surface area contributed by atoms with Crippen molar-refractivity contribution in [1.82, 2.24) is 0 Å². The van der Waals surface area contributed by atoms with Crippen LogP contribution in [0.3, 0.4) is 0 Å². The van der Waals surface area contributed by atoms with Crippen LogP contribution in [0.15, 0.2) is 23.3 Å². The largest absolute Gasteiger partial charge is 0.706 e. The maximum absolute atomic E-state index is 11.9. The molecule has 0 aromatic heterocycles. The van der Waals surface area contributed by atoms with Crippen LogP contribution in [-0.2, 0) is 11.2 Å². The van der Waals surface area contributed by atoms with Gasteiger partial charge in [-0.05, 0) is 44.9 Å². The quantitative estimate of drug-likeness (QED) is 0.590. The standard InChI is InChI=1S/C14H19N2O2/c1-5-6-10-7-8-11(9-12(10)16-15)13(17)18-14(2,3)4/h7-9H,5-6H2,1-4H3/q-1. The molecule has 4 heteroatoms. The van der Waals surface area contributed by atoms with Crippen LogP contribution in [0.25, 0.3) is 5.53 Å². The fourth-order valence-electron chi connectivity index (χ4n) is 1.60. The summed E-state index contributed by atoms with van der Waals surface area (Å²) in [6.07, 6.45) is 1.77. The van der Waals surface area contributed by atoms with Crippen molar-refractivity contribution < 1.29 is 9.53 Å². The third-order valence-electron chi connectivity index (χ3n) is 2.35. The highest BCUT2D eigenvalue weighted by atomic mass is 16.6. The van der Waals surface area contributed by atoms with Crippen molar-refractivity contribution in [2.75, 3.05) is 0 Å². The van der Waals surface area contributed by atoms with Gasteiger partial charge in [0.15, 0.2) is 0 Å². The molecular weight excluding hydrogens is 228 g/mol. The van der Waals surface area contributed by atoms with Gasteiger partial charge in [-0.25, -0.2) is 4.79 Å². The molecule has 0 aliphatic heterocycles. The van der Waals surface area contributed by atoms with Crippen LogP contribution in [0.4, 0.5) is 5.69 Å². The Morgan fingerprint density at radius 2 is 2.06 bits per heavy atom. The third kappa shape index (κ3) is 3.95. The normalized spacial score (nSPS) is 11.1. The molecular formula is C14H19N2O2-. The molecule has 0 heterocycles. The summed E-state index contributed by atoms with van der Waals surface area (Å²) < 4.78 is 5.26. The van der Waals surface area contributed by atoms with Crippen molar-refractivity contribution in [2.45, 2.75) is 46.1 Å². The summed E-state index contributed by atoms with van der Waals surface area (Å²) in [6, 6.07) is 5.06. The van der Waals surface area contributed by atoms with Crippen LogP contribution in [0.5, 0.6) is 0 Å². The Balaban J connectivity index is 2.98. The monoisotopic (exact) mass is 247 g/mol. The minimum atomic E-state index is -0.532. The van der Waals surface area contributed by atoms with Crippen LogP contribution in [0.2, 0.25) is 0 Å². The Labute approximate surface area is 108 Å². The first-order valence-corrected chi connectivity index (χ1v) is 6.08. The average molecular weight is 247 g/mol. The lowest BCUT2D eigenvalue weighted by Gasteiger charge is -2.20. The first-order valence-electron chi connectivity index (χ1n) is 6.08. The number of rotatable bonds is 4. The molecule has 0 unspecified atom stereocenters. The molecule has 1 aromatic carbocycles. The van der Waals surface area contributed by atoms with Crippen molar-refractivity contribution in [3.05, 3.63) is 34.9 Å². The number of ether oxygens (including phenoxy) is 1. The molecule has 0 N–H and O–H groups in total. The summed E-state index contributed by atoms with van der Waals surface area (Å²) >= 11 is 0. The van der Waals surface area contributed by atoms with E-state index in [1.54, 1.807) is 18.2 Å². The first kappa shape index (κ1) is 14.4. The molecule has 0 spiro atoms. The summed E-state index contributed by atoms with van der Waals surface area (Å²) in [7, 11) is 0. The molecule has 1 aromatic rings. The smallest absolute Gasteiger partial charge is 0.338 e. The summed E-state index contributed by atoms with van der Waals surface area (Å²) in [5.74, 6) is -0.407. The number of hydrogen-bond acceptors (Lipinski definition) is 3. The van der Waals surface area contributed by atoms with E-state index < -0.39 is 11.6 Å². The highest BCUT2D eigenvalue weighted by Crippen LogP contribution is 2.23. The summed E-state index contributed by atoms with van der Waals surface area (Å²) in [5.41, 5.74) is 10.2. The van der Waals surface area contributed by atoms with Gasteiger partial charge < -0.3 is 15.4 Å². The van der Waals surface area contributed by atoms with Crippen molar-refractivity contribution in [3.63, 3.8) is 0 Å². The van der Waals surface area contributed by atoms with E-state index in [0.29, 0.717) is 11.3 Å². The molecule has 0 aliphatic carbocycles. The van der Waals surface area contributed by atoms with Crippen molar-refractivity contribution in [3.8, 4) is 0 Å². The Morgan fingerprint density at radius 3 is 2.56 bits per heavy atom. The molecule has 18 heavy (non-hydrogen) atoms. The molecule has 0 fully saturated rings. The summed E-state index contributed by atoms with van der Waals surface area (Å²) in [5, 5.41) is 3.22. The lowest BCUT2D eigenvalue weighted by molar-refractivity contribution is 0.00696. The number of nitrogens with zero attached hydrogens (tertiary/aromatic N) is 2. The molecule has 0 saturated carbocycles. The SMILES string of the molecule is CCCc1ccc(C(=O)OC(C)(C)C)cc1N=[N-]. The number of aryl methyl sites for hydroxylation is 1. The Kier molecular flexibility index (Phi) is 4.59. The second-order valence-corrected chi connectivity index (χ2v) is 5.20. The van der Waals surface area contributed by atoms with Gasteiger partial charge in [0.05, 0.1) is 5.56 Å². The summed E-state index contributed by atoms with van der Waals surface area (Å²) in [4.78, 5) is 11.9. The molecule has 0 atom stereocenters. The average Bonchev–Trinajstić information content (AvgIpc) is 2.27. The van der Waals surface area contributed by atoms with E-state index in [1.807, 2.05) is 27.7 Å². The van der Waals surface area contributed by atoms with Gasteiger partial charge >= 0.3 is 5.97 Å². The van der Waals surface area contributed by atoms with Crippen LogP contribution in [0.1, 0.15) is 50.0 Å². The number of carbonyl (C=O) groups is 1. The van der Waals surface area contributed by atoms with Crippen LogP contribution in [0, 0.1) is 0 Å². The minimum absolute atomic E-state index is 0.401. The van der Waals surface area contributed by atoms with Gasteiger partial charge in [0, 0.05) is 5.69 Å². The first-order chi connectivity index (χ1) is 8.37. The molecule has 0 aliphatic rings. The van der Waals surface area contributed by atoms with Crippen molar-refractivity contribution >= 4 is 11.7 Å². The second-order valence-electron chi connectivity index (χ2n) is 5.20. The predicted octanol–water partition coefficient (Wildman–Crippen LogP) is 4.25. The van der Waals surface area contributed by atoms with Gasteiger partial charge in [-0.2, -0.15) is 0 Å². The van der Waals surface area contributed by atoms with Crippen molar-refractivity contribution in [2.24, 2.45) is 5.11 Å². The predicted molar refractivity (Wildman–Crippen MR) is 71.1 cm³/mol. The fourth-order valence-corrected chi connectivity index (χ4v) is 1.60. The molecule has 98 valence electrons. The van der Waals surface area contributed by atoms with E-state index in [2.05, 4.69) is 5.11 Å². The van der Waals surface area contributed by atoms with Gasteiger partial charge in [0.2, 0.25) is 0 Å². The number of benzene rings is 1. The van der Waals surface area contributed by atoms with Gasteiger partial charge in [-0.1, -0.05) is 19.4 Å². The Hall–Kier alpha value is -1.71. The van der Waals surface area contributed by atoms with Gasteiger partial charge in [0.1, 0.15) is 5.60 Å². The number of hydrogen-bond donors (Lipinski definition) is 0. The number of esters is 1. The molecule has 0 bridgehead atoms. The molecule has 0 amide bonds. The zero-order valence-corrected chi connectivity index (χ0v) is 11.4. The van der Waals surface area contributed by atoms with E-state index in [-0.39, 0.29) is 0 Å². The highest BCUT2D eigenvalue weighted by molar-refractivity contribution is 5.90. The Morgan fingerprint density at radius 1 is 1.39 bits per heavy atom. The van der Waals surface area contributed by atoms with Crippen LogP contribution < -0.4 is 0 Å². The zero-order valence-electron chi connectivity index (χ0n) is 11.4. The molecule has 0 radical (unpaired) electrons. The van der Waals surface area contributed by atoms with Gasteiger partial charge in [-0.15, -0.1) is 0 Å². The lowest BCUT2D eigenvalue weighted by Crippen LogP contribution is -2.23. The second kappa shape index (κ2) is 5.76.